The summed E-state index contributed by atoms with van der Waals surface area (Å²) in [5.41, 5.74) is 2.83. The molecule has 9 heteroatoms. The van der Waals surface area contributed by atoms with Crippen LogP contribution >= 0.6 is 23.2 Å². The van der Waals surface area contributed by atoms with Crippen LogP contribution in [-0.2, 0) is 9.63 Å². The van der Waals surface area contributed by atoms with Crippen LogP contribution in [0, 0.1) is 0 Å². The molecule has 1 aliphatic heterocycles. The van der Waals surface area contributed by atoms with Crippen molar-refractivity contribution in [1.29, 1.82) is 0 Å². The molecule has 0 saturated carbocycles. The monoisotopic (exact) mass is 314 g/mol. The number of nitrogens with zero attached hydrogens (tertiary/aromatic N) is 2. The Kier molecular flexibility index (Phi) is 4.21. The summed E-state index contributed by atoms with van der Waals surface area (Å²) in [7, 11) is 0. The van der Waals surface area contributed by atoms with Crippen molar-refractivity contribution in [3.05, 3.63) is 28.2 Å². The third kappa shape index (κ3) is 3.25. The van der Waals surface area contributed by atoms with Gasteiger partial charge in [-0.05, 0) is 25.1 Å². The molecule has 1 aromatic rings. The van der Waals surface area contributed by atoms with Crippen molar-refractivity contribution in [2.45, 2.75) is 6.92 Å². The lowest BCUT2D eigenvalue weighted by Gasteiger charge is -2.04. The number of benzene rings is 1. The first-order valence-corrected chi connectivity index (χ1v) is 6.09. The number of amides is 2. The highest BCUT2D eigenvalue weighted by molar-refractivity contribution is 6.68. The lowest BCUT2D eigenvalue weighted by molar-refractivity contribution is -0.114. The Morgan fingerprint density at radius 3 is 2.75 bits per heavy atom. The number of halogens is 2. The van der Waals surface area contributed by atoms with Crippen LogP contribution < -0.4 is 10.7 Å². The summed E-state index contributed by atoms with van der Waals surface area (Å²) < 4.78 is 0. The van der Waals surface area contributed by atoms with E-state index < -0.39 is 12.0 Å². The summed E-state index contributed by atoms with van der Waals surface area (Å²) in [5, 5.41) is 10.1. The number of nitrogens with one attached hydrogen (secondary N) is 2. The molecule has 7 nitrogen and oxygen atoms in total. The Balaban J connectivity index is 1.99. The quantitative estimate of drug-likeness (QED) is 0.648. The van der Waals surface area contributed by atoms with E-state index in [1.807, 2.05) is 0 Å². The highest BCUT2D eigenvalue weighted by atomic mass is 35.5. The zero-order valence-electron chi connectivity index (χ0n) is 10.1. The maximum Gasteiger partial charge on any atom is 0.437 e. The molecule has 1 heterocycles. The maximum absolute atomic E-state index is 11.5. The van der Waals surface area contributed by atoms with Crippen LogP contribution in [0.2, 0.25) is 10.0 Å². The Labute approximate surface area is 123 Å². The smallest absolute Gasteiger partial charge is 0.297 e. The predicted molar refractivity (Wildman–Crippen MR) is 75.3 cm³/mol. The lowest BCUT2D eigenvalue weighted by Crippen LogP contribution is -2.23. The first-order valence-electron chi connectivity index (χ1n) is 5.33. The highest BCUT2D eigenvalue weighted by Crippen LogP contribution is 2.24. The van der Waals surface area contributed by atoms with Gasteiger partial charge in [0.1, 0.15) is 0 Å². The number of hydrogen-bond acceptors (Lipinski definition) is 5. The Morgan fingerprint density at radius 2 is 2.15 bits per heavy atom. The van der Waals surface area contributed by atoms with Crippen LogP contribution in [0.3, 0.4) is 0 Å². The maximum atomic E-state index is 11.5. The second-order valence-electron chi connectivity index (χ2n) is 3.71. The molecule has 0 radical (unpaired) electrons. The van der Waals surface area contributed by atoms with E-state index in [0.29, 0.717) is 16.4 Å². The van der Waals surface area contributed by atoms with Crippen LogP contribution in [0.1, 0.15) is 6.92 Å². The fraction of sp³-hybridized carbons (Fsp3) is 0.0909. The molecule has 1 aromatic carbocycles. The van der Waals surface area contributed by atoms with Crippen molar-refractivity contribution in [1.82, 2.24) is 5.43 Å². The minimum Gasteiger partial charge on any atom is -0.297 e. The third-order valence-electron chi connectivity index (χ3n) is 2.27. The summed E-state index contributed by atoms with van der Waals surface area (Å²) in [6.07, 6.45) is -0.872. The van der Waals surface area contributed by atoms with E-state index in [1.165, 1.54) is 18.2 Å². The van der Waals surface area contributed by atoms with Gasteiger partial charge in [-0.1, -0.05) is 28.4 Å². The number of carbonyl (C=O) groups excluding carboxylic acids is 2. The van der Waals surface area contributed by atoms with Crippen molar-refractivity contribution >= 4 is 52.3 Å². The van der Waals surface area contributed by atoms with Gasteiger partial charge in [-0.2, -0.15) is 5.10 Å². The summed E-state index contributed by atoms with van der Waals surface area (Å²) in [6.45, 7) is 1.55. The number of anilines is 1. The molecule has 0 saturated heterocycles. The SMILES string of the molecule is CC1=NNC(=O)C1=NOC(=O)Nc1ccc(Cl)c(Cl)c1. The van der Waals surface area contributed by atoms with Crippen molar-refractivity contribution in [3.63, 3.8) is 0 Å². The van der Waals surface area contributed by atoms with Gasteiger partial charge in [-0.25, -0.2) is 10.2 Å². The fourth-order valence-corrected chi connectivity index (χ4v) is 1.61. The number of rotatable bonds is 2. The topological polar surface area (TPSA) is 92.2 Å². The molecule has 0 atom stereocenters. The third-order valence-corrected chi connectivity index (χ3v) is 3.01. The Bertz CT molecular complexity index is 643. The minimum atomic E-state index is -0.872. The number of carbonyl (C=O) groups is 2. The molecule has 2 amide bonds. The van der Waals surface area contributed by atoms with Gasteiger partial charge in [0.15, 0.2) is 5.71 Å². The molecular weight excluding hydrogens is 307 g/mol. The number of oxime groups is 1. The molecule has 1 aliphatic rings. The van der Waals surface area contributed by atoms with E-state index in [0.717, 1.165) is 0 Å². The molecule has 20 heavy (non-hydrogen) atoms. The van der Waals surface area contributed by atoms with E-state index in [1.54, 1.807) is 6.92 Å². The molecule has 0 spiro atoms. The van der Waals surface area contributed by atoms with Crippen molar-refractivity contribution in [2.24, 2.45) is 10.3 Å². The molecule has 104 valence electrons. The molecule has 0 bridgehead atoms. The summed E-state index contributed by atoms with van der Waals surface area (Å²) in [5.74, 6) is -0.537. The first kappa shape index (κ1) is 14.3. The summed E-state index contributed by atoms with van der Waals surface area (Å²) in [4.78, 5) is 27.3. The average molecular weight is 315 g/mol. The average Bonchev–Trinajstić information content (AvgIpc) is 2.71. The van der Waals surface area contributed by atoms with Gasteiger partial charge in [0, 0.05) is 5.69 Å². The molecule has 2 rings (SSSR count). The van der Waals surface area contributed by atoms with Gasteiger partial charge >= 0.3 is 6.09 Å². The predicted octanol–water partition coefficient (Wildman–Crippen LogP) is 2.40. The Hall–Kier alpha value is -2.12. The normalized spacial score (nSPS) is 15.8. The van der Waals surface area contributed by atoms with Gasteiger partial charge in [0.05, 0.1) is 15.8 Å². The molecule has 0 aliphatic carbocycles. The second kappa shape index (κ2) is 5.89. The van der Waals surface area contributed by atoms with Crippen LogP contribution in [0.15, 0.2) is 28.5 Å². The van der Waals surface area contributed by atoms with Crippen molar-refractivity contribution in [3.8, 4) is 0 Å². The molecule has 0 fully saturated rings. The second-order valence-corrected chi connectivity index (χ2v) is 4.53. The summed E-state index contributed by atoms with van der Waals surface area (Å²) in [6, 6.07) is 4.51. The van der Waals surface area contributed by atoms with E-state index in [4.69, 9.17) is 23.2 Å². The van der Waals surface area contributed by atoms with Gasteiger partial charge in [-0.15, -0.1) is 0 Å². The van der Waals surface area contributed by atoms with Gasteiger partial charge in [-0.3, -0.25) is 14.9 Å². The van der Waals surface area contributed by atoms with E-state index >= 15 is 0 Å². The first-order chi connectivity index (χ1) is 9.47. The van der Waals surface area contributed by atoms with E-state index in [9.17, 15) is 9.59 Å². The van der Waals surface area contributed by atoms with Crippen molar-refractivity contribution in [2.75, 3.05) is 5.32 Å². The molecule has 2 N–H and O–H groups in total. The minimum absolute atomic E-state index is 0.0608. The Morgan fingerprint density at radius 1 is 1.40 bits per heavy atom. The highest BCUT2D eigenvalue weighted by Gasteiger charge is 2.22. The number of hydrazone groups is 1. The standard InChI is InChI=1S/C11H8Cl2N4O3/c1-5-9(10(18)16-15-5)17-20-11(19)14-6-2-3-7(12)8(13)4-6/h2-4H,1H3,(H,14,19)(H,16,17,18). The van der Waals surface area contributed by atoms with Crippen LogP contribution in [0.5, 0.6) is 0 Å². The fourth-order valence-electron chi connectivity index (χ4n) is 1.31. The van der Waals surface area contributed by atoms with Crippen molar-refractivity contribution < 1.29 is 14.4 Å². The van der Waals surface area contributed by atoms with Crippen LogP contribution in [0.25, 0.3) is 0 Å². The molecule has 0 unspecified atom stereocenters. The van der Waals surface area contributed by atoms with Gasteiger partial charge < -0.3 is 0 Å². The zero-order valence-corrected chi connectivity index (χ0v) is 11.6. The molecule has 0 aromatic heterocycles. The van der Waals surface area contributed by atoms with Crippen LogP contribution in [-0.4, -0.2) is 23.4 Å². The van der Waals surface area contributed by atoms with Crippen LogP contribution in [0.4, 0.5) is 10.5 Å². The summed E-state index contributed by atoms with van der Waals surface area (Å²) >= 11 is 11.5. The van der Waals surface area contributed by atoms with E-state index in [2.05, 4.69) is 25.8 Å². The van der Waals surface area contributed by atoms with E-state index in [-0.39, 0.29) is 10.7 Å². The number of hydrogen-bond donors (Lipinski definition) is 2. The lowest BCUT2D eigenvalue weighted by atomic mass is 10.3. The van der Waals surface area contributed by atoms with Gasteiger partial charge in [0.25, 0.3) is 5.91 Å². The zero-order chi connectivity index (χ0) is 14.7. The van der Waals surface area contributed by atoms with Gasteiger partial charge in [0.2, 0.25) is 0 Å². The largest absolute Gasteiger partial charge is 0.437 e. The molecular formula is C11H8Cl2N4O3.